The highest BCUT2D eigenvalue weighted by molar-refractivity contribution is 5.42. The number of para-hydroxylation sites is 1. The number of aromatic hydroxyl groups is 1. The predicted octanol–water partition coefficient (Wildman–Crippen LogP) is 3.83. The molecule has 3 heteroatoms. The van der Waals surface area contributed by atoms with E-state index >= 15 is 0 Å². The lowest BCUT2D eigenvalue weighted by molar-refractivity contribution is 0.427. The molecule has 102 valence electrons. The highest BCUT2D eigenvalue weighted by Gasteiger charge is 2.26. The van der Waals surface area contributed by atoms with Gasteiger partial charge in [-0.3, -0.25) is 0 Å². The molecule has 0 amide bonds. The SMILES string of the molecule is CCCc1c(C(C)(C)C)nn(-c2ccccc2)c1O. The molecule has 3 nitrogen and oxygen atoms in total. The zero-order valence-electron chi connectivity index (χ0n) is 12.1. The van der Waals surface area contributed by atoms with Crippen LogP contribution in [0.1, 0.15) is 45.4 Å². The Morgan fingerprint density at radius 1 is 1.16 bits per heavy atom. The Bertz CT molecular complexity index is 550. The lowest BCUT2D eigenvalue weighted by Gasteiger charge is -2.16. The third-order valence-electron chi connectivity index (χ3n) is 3.17. The van der Waals surface area contributed by atoms with Crippen molar-refractivity contribution in [3.63, 3.8) is 0 Å². The van der Waals surface area contributed by atoms with Crippen molar-refractivity contribution in [1.82, 2.24) is 9.78 Å². The second-order valence-electron chi connectivity index (χ2n) is 5.90. The van der Waals surface area contributed by atoms with E-state index in [1.54, 1.807) is 4.68 Å². The van der Waals surface area contributed by atoms with Gasteiger partial charge in [-0.25, -0.2) is 4.68 Å². The zero-order chi connectivity index (χ0) is 14.0. The van der Waals surface area contributed by atoms with Crippen molar-refractivity contribution >= 4 is 0 Å². The Labute approximate surface area is 114 Å². The third kappa shape index (κ3) is 2.65. The number of rotatable bonds is 3. The van der Waals surface area contributed by atoms with Crippen molar-refractivity contribution in [2.75, 3.05) is 0 Å². The molecule has 1 heterocycles. The smallest absolute Gasteiger partial charge is 0.217 e. The standard InChI is InChI=1S/C16H22N2O/c1-5-9-13-14(16(2,3)4)17-18(15(13)19)12-10-7-6-8-11-12/h6-8,10-11,19H,5,9H2,1-4H3. The third-order valence-corrected chi connectivity index (χ3v) is 3.17. The summed E-state index contributed by atoms with van der Waals surface area (Å²) in [5.41, 5.74) is 2.78. The van der Waals surface area contributed by atoms with Crippen LogP contribution in [0.15, 0.2) is 30.3 Å². The molecule has 2 rings (SSSR count). The minimum Gasteiger partial charge on any atom is -0.493 e. The summed E-state index contributed by atoms with van der Waals surface area (Å²) in [7, 11) is 0. The van der Waals surface area contributed by atoms with Gasteiger partial charge in [-0.2, -0.15) is 5.10 Å². The summed E-state index contributed by atoms with van der Waals surface area (Å²) in [5.74, 6) is 0.276. The lowest BCUT2D eigenvalue weighted by atomic mass is 9.88. The molecule has 0 spiro atoms. The molecular weight excluding hydrogens is 236 g/mol. The number of benzene rings is 1. The summed E-state index contributed by atoms with van der Waals surface area (Å²) in [5, 5.41) is 15.1. The van der Waals surface area contributed by atoms with E-state index in [1.807, 2.05) is 30.3 Å². The highest BCUT2D eigenvalue weighted by atomic mass is 16.3. The summed E-state index contributed by atoms with van der Waals surface area (Å²) in [6.07, 6.45) is 1.85. The van der Waals surface area contributed by atoms with Gasteiger partial charge < -0.3 is 5.11 Å². The van der Waals surface area contributed by atoms with Gasteiger partial charge in [0.2, 0.25) is 5.88 Å². The fourth-order valence-corrected chi connectivity index (χ4v) is 2.27. The van der Waals surface area contributed by atoms with E-state index in [0.29, 0.717) is 0 Å². The second kappa shape index (κ2) is 5.08. The molecule has 0 bridgehead atoms. The van der Waals surface area contributed by atoms with Gasteiger partial charge in [0.15, 0.2) is 0 Å². The number of aromatic nitrogens is 2. The maximum absolute atomic E-state index is 10.5. The van der Waals surface area contributed by atoms with Crippen LogP contribution < -0.4 is 0 Å². The van der Waals surface area contributed by atoms with E-state index in [1.165, 1.54) is 0 Å². The zero-order valence-corrected chi connectivity index (χ0v) is 12.1. The molecule has 0 aliphatic carbocycles. The van der Waals surface area contributed by atoms with Crippen LogP contribution in [0.2, 0.25) is 0 Å². The Morgan fingerprint density at radius 2 is 1.79 bits per heavy atom. The first-order chi connectivity index (χ1) is 8.95. The van der Waals surface area contributed by atoms with Gasteiger partial charge in [0.05, 0.1) is 11.4 Å². The quantitative estimate of drug-likeness (QED) is 0.908. The molecule has 0 radical (unpaired) electrons. The predicted molar refractivity (Wildman–Crippen MR) is 77.9 cm³/mol. The molecule has 0 saturated heterocycles. The van der Waals surface area contributed by atoms with E-state index in [-0.39, 0.29) is 11.3 Å². The van der Waals surface area contributed by atoms with Crippen molar-refractivity contribution in [3.05, 3.63) is 41.6 Å². The molecule has 0 saturated carbocycles. The van der Waals surface area contributed by atoms with Gasteiger partial charge in [0.25, 0.3) is 0 Å². The summed E-state index contributed by atoms with van der Waals surface area (Å²) in [6.45, 7) is 8.50. The van der Waals surface area contributed by atoms with Crippen LogP contribution in [0.4, 0.5) is 0 Å². The molecule has 2 aromatic rings. The van der Waals surface area contributed by atoms with Crippen molar-refractivity contribution in [2.24, 2.45) is 0 Å². The van der Waals surface area contributed by atoms with Crippen LogP contribution in [0.3, 0.4) is 0 Å². The van der Waals surface area contributed by atoms with Gasteiger partial charge >= 0.3 is 0 Å². The van der Waals surface area contributed by atoms with Gasteiger partial charge in [-0.05, 0) is 18.6 Å². The Kier molecular flexibility index (Phi) is 3.65. The average Bonchev–Trinajstić information content (AvgIpc) is 2.69. The van der Waals surface area contributed by atoms with Crippen LogP contribution in [0, 0.1) is 0 Å². The van der Waals surface area contributed by atoms with E-state index in [2.05, 4.69) is 32.8 Å². The number of nitrogens with zero attached hydrogens (tertiary/aromatic N) is 2. The molecular formula is C16H22N2O. The molecule has 0 aliphatic rings. The molecule has 1 aromatic heterocycles. The normalized spacial score (nSPS) is 11.8. The molecule has 1 N–H and O–H groups in total. The van der Waals surface area contributed by atoms with Crippen molar-refractivity contribution < 1.29 is 5.11 Å². The lowest BCUT2D eigenvalue weighted by Crippen LogP contribution is -2.14. The fraction of sp³-hybridized carbons (Fsp3) is 0.438. The maximum Gasteiger partial charge on any atom is 0.217 e. The van der Waals surface area contributed by atoms with E-state index in [4.69, 9.17) is 0 Å². The van der Waals surface area contributed by atoms with Crippen molar-refractivity contribution in [2.45, 2.75) is 46.0 Å². The average molecular weight is 258 g/mol. The molecule has 0 unspecified atom stereocenters. The van der Waals surface area contributed by atoms with Gasteiger partial charge in [-0.1, -0.05) is 52.3 Å². The van der Waals surface area contributed by atoms with Gasteiger partial charge in [0, 0.05) is 11.0 Å². The van der Waals surface area contributed by atoms with Crippen molar-refractivity contribution in [3.8, 4) is 11.6 Å². The van der Waals surface area contributed by atoms with E-state index < -0.39 is 0 Å². The molecule has 1 aromatic carbocycles. The first kappa shape index (κ1) is 13.7. The van der Waals surface area contributed by atoms with Crippen LogP contribution in [0.5, 0.6) is 5.88 Å². The van der Waals surface area contributed by atoms with Crippen LogP contribution in [-0.2, 0) is 11.8 Å². The molecule has 0 fully saturated rings. The molecule has 0 aliphatic heterocycles. The number of hydrogen-bond acceptors (Lipinski definition) is 2. The summed E-state index contributed by atoms with van der Waals surface area (Å²) >= 11 is 0. The van der Waals surface area contributed by atoms with Gasteiger partial charge in [0.1, 0.15) is 0 Å². The summed E-state index contributed by atoms with van der Waals surface area (Å²) < 4.78 is 1.64. The number of hydrogen-bond donors (Lipinski definition) is 1. The van der Waals surface area contributed by atoms with E-state index in [9.17, 15) is 5.11 Å². The first-order valence-corrected chi connectivity index (χ1v) is 6.82. The van der Waals surface area contributed by atoms with Crippen LogP contribution in [0.25, 0.3) is 5.69 Å². The highest BCUT2D eigenvalue weighted by Crippen LogP contribution is 2.33. The van der Waals surface area contributed by atoms with Crippen molar-refractivity contribution in [1.29, 1.82) is 0 Å². The van der Waals surface area contributed by atoms with E-state index in [0.717, 1.165) is 29.8 Å². The monoisotopic (exact) mass is 258 g/mol. The topological polar surface area (TPSA) is 38.0 Å². The van der Waals surface area contributed by atoms with Gasteiger partial charge in [-0.15, -0.1) is 0 Å². The second-order valence-corrected chi connectivity index (χ2v) is 5.90. The molecule has 0 atom stereocenters. The largest absolute Gasteiger partial charge is 0.493 e. The maximum atomic E-state index is 10.5. The van der Waals surface area contributed by atoms with Crippen LogP contribution >= 0.6 is 0 Å². The first-order valence-electron chi connectivity index (χ1n) is 6.82. The molecule has 19 heavy (non-hydrogen) atoms. The van der Waals surface area contributed by atoms with Crippen LogP contribution in [-0.4, -0.2) is 14.9 Å². The minimum atomic E-state index is -0.0674. The Balaban J connectivity index is 2.59. The Hall–Kier alpha value is -1.77. The fourth-order valence-electron chi connectivity index (χ4n) is 2.27. The Morgan fingerprint density at radius 3 is 2.32 bits per heavy atom. The summed E-state index contributed by atoms with van der Waals surface area (Å²) in [6, 6.07) is 9.77. The minimum absolute atomic E-state index is 0.0674. The summed E-state index contributed by atoms with van der Waals surface area (Å²) in [4.78, 5) is 0.